The number of alkyl halides is 3. The molecule has 0 amide bonds. The lowest BCUT2D eigenvalue weighted by molar-refractivity contribution is -0.137. The topological polar surface area (TPSA) is 27.1 Å². The van der Waals surface area contributed by atoms with Crippen LogP contribution in [0.25, 0.3) is 11.0 Å². The van der Waals surface area contributed by atoms with E-state index in [1.807, 2.05) is 11.5 Å². The van der Waals surface area contributed by atoms with Crippen molar-refractivity contribution in [2.75, 3.05) is 13.2 Å². The molecule has 1 aromatic heterocycles. The van der Waals surface area contributed by atoms with Crippen molar-refractivity contribution in [2.45, 2.75) is 33.0 Å². The van der Waals surface area contributed by atoms with Crippen LogP contribution in [-0.4, -0.2) is 22.8 Å². The van der Waals surface area contributed by atoms with Crippen LogP contribution in [0.4, 0.5) is 13.2 Å². The Balaban J connectivity index is 2.26. The first-order valence-electron chi connectivity index (χ1n) is 6.55. The van der Waals surface area contributed by atoms with Gasteiger partial charge in [-0.1, -0.05) is 0 Å². The van der Waals surface area contributed by atoms with Crippen molar-refractivity contribution in [2.24, 2.45) is 0 Å². The lowest BCUT2D eigenvalue weighted by Crippen LogP contribution is -2.05. The first-order valence-corrected chi connectivity index (χ1v) is 6.55. The summed E-state index contributed by atoms with van der Waals surface area (Å²) in [4.78, 5) is 4.21. The highest BCUT2D eigenvalue weighted by Gasteiger charge is 2.30. The Hall–Kier alpha value is -1.56. The van der Waals surface area contributed by atoms with Gasteiger partial charge in [0.1, 0.15) is 5.82 Å². The van der Waals surface area contributed by atoms with E-state index in [0.717, 1.165) is 29.9 Å². The molecule has 110 valence electrons. The van der Waals surface area contributed by atoms with Crippen LogP contribution < -0.4 is 0 Å². The first-order chi connectivity index (χ1) is 9.43. The van der Waals surface area contributed by atoms with Gasteiger partial charge in [-0.05, 0) is 38.5 Å². The van der Waals surface area contributed by atoms with Gasteiger partial charge < -0.3 is 9.30 Å². The molecule has 0 aliphatic heterocycles. The Bertz CT molecular complexity index is 590. The van der Waals surface area contributed by atoms with Gasteiger partial charge in [0, 0.05) is 19.8 Å². The molecule has 1 aromatic carbocycles. The maximum Gasteiger partial charge on any atom is 0.416 e. The second-order valence-corrected chi connectivity index (χ2v) is 4.56. The van der Waals surface area contributed by atoms with Gasteiger partial charge in [-0.15, -0.1) is 0 Å². The monoisotopic (exact) mass is 286 g/mol. The summed E-state index contributed by atoms with van der Waals surface area (Å²) < 4.78 is 45.2. The van der Waals surface area contributed by atoms with E-state index in [-0.39, 0.29) is 0 Å². The number of imidazole rings is 1. The van der Waals surface area contributed by atoms with Crippen LogP contribution in [0.15, 0.2) is 18.2 Å². The summed E-state index contributed by atoms with van der Waals surface area (Å²) in [5, 5.41) is 0. The van der Waals surface area contributed by atoms with Crippen molar-refractivity contribution in [1.82, 2.24) is 9.55 Å². The second-order valence-electron chi connectivity index (χ2n) is 4.56. The number of hydrogen-bond donors (Lipinski definition) is 0. The fourth-order valence-electron chi connectivity index (χ4n) is 2.18. The largest absolute Gasteiger partial charge is 0.416 e. The molecule has 0 fully saturated rings. The van der Waals surface area contributed by atoms with Crippen LogP contribution in [0.2, 0.25) is 0 Å². The van der Waals surface area contributed by atoms with Gasteiger partial charge >= 0.3 is 6.18 Å². The van der Waals surface area contributed by atoms with Crippen molar-refractivity contribution >= 4 is 11.0 Å². The number of aryl methyl sites for hydroxylation is 2. The van der Waals surface area contributed by atoms with Crippen molar-refractivity contribution in [3.05, 3.63) is 29.6 Å². The number of rotatable bonds is 5. The molecule has 1 heterocycles. The average molecular weight is 286 g/mol. The van der Waals surface area contributed by atoms with Gasteiger partial charge in [-0.2, -0.15) is 13.2 Å². The molecule has 2 aromatic rings. The van der Waals surface area contributed by atoms with E-state index in [0.29, 0.717) is 25.3 Å². The third-order valence-corrected chi connectivity index (χ3v) is 3.14. The lowest BCUT2D eigenvalue weighted by atomic mass is 10.2. The van der Waals surface area contributed by atoms with Gasteiger partial charge in [-0.25, -0.2) is 4.98 Å². The van der Waals surface area contributed by atoms with E-state index < -0.39 is 11.7 Å². The van der Waals surface area contributed by atoms with Crippen molar-refractivity contribution in [1.29, 1.82) is 0 Å². The molecule has 2 rings (SSSR count). The van der Waals surface area contributed by atoms with Gasteiger partial charge in [0.15, 0.2) is 0 Å². The standard InChI is InChI=1S/C14H17F3N2O/c1-3-20-8-4-7-19-10(2)18-12-9-11(14(15,16)17)5-6-13(12)19/h5-6,9H,3-4,7-8H2,1-2H3. The third kappa shape index (κ3) is 3.12. The van der Waals surface area contributed by atoms with E-state index in [1.165, 1.54) is 6.07 Å². The molecule has 0 N–H and O–H groups in total. The molecule has 0 aliphatic carbocycles. The number of halogens is 3. The van der Waals surface area contributed by atoms with Crippen LogP contribution in [0.1, 0.15) is 24.7 Å². The zero-order chi connectivity index (χ0) is 14.8. The van der Waals surface area contributed by atoms with Gasteiger partial charge in [0.25, 0.3) is 0 Å². The SMILES string of the molecule is CCOCCCn1c(C)nc2cc(C(F)(F)F)ccc21. The quantitative estimate of drug-likeness (QED) is 0.782. The summed E-state index contributed by atoms with van der Waals surface area (Å²) in [6.45, 7) is 5.72. The minimum Gasteiger partial charge on any atom is -0.382 e. The van der Waals surface area contributed by atoms with E-state index in [1.54, 1.807) is 6.92 Å². The third-order valence-electron chi connectivity index (χ3n) is 3.14. The van der Waals surface area contributed by atoms with Gasteiger partial charge in [0.2, 0.25) is 0 Å². The number of nitrogens with zero attached hydrogens (tertiary/aromatic N) is 2. The predicted octanol–water partition coefficient (Wildman–Crippen LogP) is 3.79. The summed E-state index contributed by atoms with van der Waals surface area (Å²) in [6.07, 6.45) is -3.53. The Labute approximate surface area is 115 Å². The predicted molar refractivity (Wildman–Crippen MR) is 70.6 cm³/mol. The van der Waals surface area contributed by atoms with Crippen LogP contribution in [-0.2, 0) is 17.5 Å². The Morgan fingerprint density at radius 2 is 2.05 bits per heavy atom. The van der Waals surface area contributed by atoms with Crippen molar-refractivity contribution in [3.63, 3.8) is 0 Å². The zero-order valence-corrected chi connectivity index (χ0v) is 11.5. The van der Waals surface area contributed by atoms with Crippen molar-refractivity contribution < 1.29 is 17.9 Å². The molecule has 6 heteroatoms. The zero-order valence-electron chi connectivity index (χ0n) is 11.5. The highest BCUT2D eigenvalue weighted by atomic mass is 19.4. The smallest absolute Gasteiger partial charge is 0.382 e. The summed E-state index contributed by atoms with van der Waals surface area (Å²) in [6, 6.07) is 3.68. The molecule has 0 aliphatic rings. The Morgan fingerprint density at radius 1 is 1.30 bits per heavy atom. The number of hydrogen-bond acceptors (Lipinski definition) is 2. The summed E-state index contributed by atoms with van der Waals surface area (Å²) in [5.41, 5.74) is 0.449. The second kappa shape index (κ2) is 5.83. The molecule has 0 spiro atoms. The minimum absolute atomic E-state index is 0.383. The number of ether oxygens (including phenoxy) is 1. The van der Waals surface area contributed by atoms with E-state index >= 15 is 0 Å². The van der Waals surface area contributed by atoms with E-state index in [2.05, 4.69) is 4.98 Å². The van der Waals surface area contributed by atoms with Gasteiger partial charge in [0.05, 0.1) is 16.6 Å². The van der Waals surface area contributed by atoms with Crippen LogP contribution in [0.5, 0.6) is 0 Å². The van der Waals surface area contributed by atoms with E-state index in [9.17, 15) is 13.2 Å². The fraction of sp³-hybridized carbons (Fsp3) is 0.500. The van der Waals surface area contributed by atoms with Crippen molar-refractivity contribution in [3.8, 4) is 0 Å². The van der Waals surface area contributed by atoms with Gasteiger partial charge in [-0.3, -0.25) is 0 Å². The summed E-state index contributed by atoms with van der Waals surface area (Å²) >= 11 is 0. The number of aromatic nitrogens is 2. The minimum atomic E-state index is -4.33. The maximum absolute atomic E-state index is 12.7. The number of benzene rings is 1. The molecule has 0 unspecified atom stereocenters. The average Bonchev–Trinajstić information content (AvgIpc) is 2.69. The molecule has 0 radical (unpaired) electrons. The molecule has 0 atom stereocenters. The molecule has 3 nitrogen and oxygen atoms in total. The molecular weight excluding hydrogens is 269 g/mol. The maximum atomic E-state index is 12.7. The normalized spacial score (nSPS) is 12.2. The molecule has 20 heavy (non-hydrogen) atoms. The highest BCUT2D eigenvalue weighted by Crippen LogP contribution is 2.31. The highest BCUT2D eigenvalue weighted by molar-refractivity contribution is 5.77. The summed E-state index contributed by atoms with van der Waals surface area (Å²) in [5.74, 6) is 0.718. The summed E-state index contributed by atoms with van der Waals surface area (Å²) in [7, 11) is 0. The lowest BCUT2D eigenvalue weighted by Gasteiger charge is -2.08. The Morgan fingerprint density at radius 3 is 2.70 bits per heavy atom. The van der Waals surface area contributed by atoms with E-state index in [4.69, 9.17) is 4.74 Å². The number of fused-ring (bicyclic) bond motifs is 1. The molecule has 0 bridgehead atoms. The van der Waals surface area contributed by atoms with Crippen LogP contribution >= 0.6 is 0 Å². The Kier molecular flexibility index (Phi) is 4.32. The molecule has 0 saturated heterocycles. The molecule has 0 saturated carbocycles. The molecular formula is C14H17F3N2O. The van der Waals surface area contributed by atoms with Crippen LogP contribution in [0.3, 0.4) is 0 Å². The van der Waals surface area contributed by atoms with Crippen LogP contribution in [0, 0.1) is 6.92 Å². The fourth-order valence-corrected chi connectivity index (χ4v) is 2.18. The first kappa shape index (κ1) is 14.8.